The van der Waals surface area contributed by atoms with E-state index in [9.17, 15) is 5.11 Å². The minimum absolute atomic E-state index is 0.672. The lowest BCUT2D eigenvalue weighted by Gasteiger charge is -2.34. The lowest BCUT2D eigenvalue weighted by atomic mass is 9.95. The summed E-state index contributed by atoms with van der Waals surface area (Å²) in [5.41, 5.74) is -0.672. The summed E-state index contributed by atoms with van der Waals surface area (Å²) in [7, 11) is 0. The second-order valence-electron chi connectivity index (χ2n) is 2.99. The number of aliphatic hydroxyl groups is 2. The molecule has 0 aromatic rings. The van der Waals surface area contributed by atoms with Crippen molar-refractivity contribution in [1.29, 1.82) is 0 Å². The van der Waals surface area contributed by atoms with Gasteiger partial charge >= 0.3 is 0 Å². The molecule has 10 heavy (non-hydrogen) atoms. The Balaban J connectivity index is 2.75. The Morgan fingerprint density at radius 3 is 2.40 bits per heavy atom. The highest BCUT2D eigenvalue weighted by molar-refractivity contribution is 5.00. The Hall–Kier alpha value is -0.540. The van der Waals surface area contributed by atoms with Crippen LogP contribution >= 0.6 is 0 Å². The summed E-state index contributed by atoms with van der Waals surface area (Å²) in [6, 6.07) is 0. The van der Waals surface area contributed by atoms with Crippen LogP contribution in [-0.2, 0) is 4.74 Å². The Kier molecular flexibility index (Phi) is 1.70. The molecule has 1 aliphatic heterocycles. The van der Waals surface area contributed by atoms with E-state index in [1.54, 1.807) is 13.8 Å². The van der Waals surface area contributed by atoms with Crippen LogP contribution in [0.3, 0.4) is 0 Å². The van der Waals surface area contributed by atoms with E-state index in [-0.39, 0.29) is 0 Å². The first kappa shape index (κ1) is 7.57. The zero-order valence-corrected chi connectivity index (χ0v) is 6.11. The minimum Gasteiger partial charge on any atom is -0.493 e. The van der Waals surface area contributed by atoms with Crippen LogP contribution in [-0.4, -0.2) is 28.0 Å². The van der Waals surface area contributed by atoms with Crippen molar-refractivity contribution in [2.24, 2.45) is 0 Å². The first-order chi connectivity index (χ1) is 4.54. The predicted molar refractivity (Wildman–Crippen MR) is 36.3 cm³/mol. The van der Waals surface area contributed by atoms with Crippen LogP contribution < -0.4 is 0 Å². The summed E-state index contributed by atoms with van der Waals surface area (Å²) < 4.78 is 5.06. The summed E-state index contributed by atoms with van der Waals surface area (Å²) in [6.07, 6.45) is 1.20. The van der Waals surface area contributed by atoms with E-state index in [1.165, 1.54) is 12.3 Å². The number of ether oxygens (including phenoxy) is 1. The minimum atomic E-state index is -0.836. The van der Waals surface area contributed by atoms with Crippen LogP contribution in [0, 0.1) is 0 Å². The normalized spacial score (nSPS) is 37.2. The Morgan fingerprint density at radius 2 is 2.00 bits per heavy atom. The van der Waals surface area contributed by atoms with Crippen molar-refractivity contribution in [2.75, 3.05) is 0 Å². The largest absolute Gasteiger partial charge is 0.493 e. The molecule has 1 aliphatic rings. The van der Waals surface area contributed by atoms with Crippen LogP contribution in [0.2, 0.25) is 0 Å². The van der Waals surface area contributed by atoms with Crippen LogP contribution in [0.25, 0.3) is 0 Å². The number of hydrogen-bond acceptors (Lipinski definition) is 3. The van der Waals surface area contributed by atoms with E-state index in [4.69, 9.17) is 9.84 Å². The van der Waals surface area contributed by atoms with Crippen molar-refractivity contribution < 1.29 is 14.9 Å². The molecule has 0 saturated heterocycles. The molecule has 0 spiro atoms. The highest BCUT2D eigenvalue weighted by Gasteiger charge is 2.35. The molecule has 1 rings (SSSR count). The van der Waals surface area contributed by atoms with E-state index in [2.05, 4.69) is 0 Å². The topological polar surface area (TPSA) is 49.7 Å². The molecule has 1 heterocycles. The average molecular weight is 144 g/mol. The third kappa shape index (κ3) is 1.15. The fraction of sp³-hybridized carbons (Fsp3) is 0.714. The van der Waals surface area contributed by atoms with Gasteiger partial charge in [0.15, 0.2) is 0 Å². The van der Waals surface area contributed by atoms with Gasteiger partial charge in [-0.05, 0) is 19.9 Å². The van der Waals surface area contributed by atoms with Gasteiger partial charge in [-0.2, -0.15) is 0 Å². The molecule has 2 atom stereocenters. The number of hydrogen-bond donors (Lipinski definition) is 2. The molecule has 0 radical (unpaired) electrons. The second kappa shape index (κ2) is 2.25. The van der Waals surface area contributed by atoms with Crippen molar-refractivity contribution in [3.05, 3.63) is 12.3 Å². The average Bonchev–Trinajstić information content (AvgIpc) is 1.83. The van der Waals surface area contributed by atoms with Crippen LogP contribution in [0.1, 0.15) is 13.8 Å². The maximum absolute atomic E-state index is 9.28. The van der Waals surface area contributed by atoms with E-state index >= 15 is 0 Å². The molecule has 2 unspecified atom stereocenters. The van der Waals surface area contributed by atoms with E-state index in [0.717, 1.165) is 0 Å². The third-order valence-electron chi connectivity index (χ3n) is 1.68. The molecule has 0 aliphatic carbocycles. The highest BCUT2D eigenvalue weighted by Crippen LogP contribution is 2.22. The van der Waals surface area contributed by atoms with Gasteiger partial charge in [-0.15, -0.1) is 0 Å². The SMILES string of the molecule is CC1(C)OC=CC(O)C1O. The molecular weight excluding hydrogens is 132 g/mol. The van der Waals surface area contributed by atoms with Gasteiger partial charge in [-0.25, -0.2) is 0 Å². The zero-order chi connectivity index (χ0) is 7.78. The highest BCUT2D eigenvalue weighted by atomic mass is 16.5. The maximum atomic E-state index is 9.28. The van der Waals surface area contributed by atoms with Gasteiger partial charge < -0.3 is 14.9 Å². The third-order valence-corrected chi connectivity index (χ3v) is 1.68. The van der Waals surface area contributed by atoms with Gasteiger partial charge in [0, 0.05) is 0 Å². The lowest BCUT2D eigenvalue weighted by Crippen LogP contribution is -2.47. The summed E-state index contributed by atoms with van der Waals surface area (Å²) in [5.74, 6) is 0. The summed E-state index contributed by atoms with van der Waals surface area (Å²) >= 11 is 0. The monoisotopic (exact) mass is 144 g/mol. The van der Waals surface area contributed by atoms with Crippen molar-refractivity contribution in [3.63, 3.8) is 0 Å². The molecule has 3 heteroatoms. The molecule has 0 aromatic heterocycles. The Labute approximate surface area is 59.9 Å². The lowest BCUT2D eigenvalue weighted by molar-refractivity contribution is -0.112. The molecule has 0 amide bonds. The maximum Gasteiger partial charge on any atom is 0.131 e. The molecule has 0 aromatic carbocycles. The molecule has 3 nitrogen and oxygen atoms in total. The van der Waals surface area contributed by atoms with E-state index in [0.29, 0.717) is 0 Å². The molecular formula is C7H12O3. The van der Waals surface area contributed by atoms with Crippen LogP contribution in [0.5, 0.6) is 0 Å². The molecule has 58 valence electrons. The summed E-state index contributed by atoms with van der Waals surface area (Å²) in [4.78, 5) is 0. The number of rotatable bonds is 0. The predicted octanol–water partition coefficient (Wildman–Crippen LogP) is 0.0307. The number of aliphatic hydroxyl groups excluding tert-OH is 2. The van der Waals surface area contributed by atoms with Crippen molar-refractivity contribution in [1.82, 2.24) is 0 Å². The second-order valence-corrected chi connectivity index (χ2v) is 2.99. The van der Waals surface area contributed by atoms with Crippen LogP contribution in [0.4, 0.5) is 0 Å². The van der Waals surface area contributed by atoms with E-state index < -0.39 is 17.8 Å². The van der Waals surface area contributed by atoms with Gasteiger partial charge in [0.2, 0.25) is 0 Å². The quantitative estimate of drug-likeness (QED) is 0.504. The Morgan fingerprint density at radius 1 is 1.40 bits per heavy atom. The smallest absolute Gasteiger partial charge is 0.131 e. The molecule has 0 bridgehead atoms. The van der Waals surface area contributed by atoms with Crippen molar-refractivity contribution >= 4 is 0 Å². The first-order valence-electron chi connectivity index (χ1n) is 3.24. The summed E-state index contributed by atoms with van der Waals surface area (Å²) in [5, 5.41) is 18.4. The fourth-order valence-electron chi connectivity index (χ4n) is 0.881. The molecule has 2 N–H and O–H groups in total. The fourth-order valence-corrected chi connectivity index (χ4v) is 0.881. The Bertz CT molecular complexity index is 151. The van der Waals surface area contributed by atoms with Crippen molar-refractivity contribution in [2.45, 2.75) is 31.7 Å². The van der Waals surface area contributed by atoms with Gasteiger partial charge in [-0.3, -0.25) is 0 Å². The standard InChI is InChI=1S/C7H12O3/c1-7(2)6(9)5(8)3-4-10-7/h3-6,8-9H,1-2H3. The van der Waals surface area contributed by atoms with Gasteiger partial charge in [0.25, 0.3) is 0 Å². The van der Waals surface area contributed by atoms with Crippen LogP contribution in [0.15, 0.2) is 12.3 Å². The zero-order valence-electron chi connectivity index (χ0n) is 6.11. The molecule has 0 fully saturated rings. The van der Waals surface area contributed by atoms with Gasteiger partial charge in [-0.1, -0.05) is 0 Å². The van der Waals surface area contributed by atoms with Crippen molar-refractivity contribution in [3.8, 4) is 0 Å². The van der Waals surface area contributed by atoms with Gasteiger partial charge in [0.05, 0.1) is 6.26 Å². The summed E-state index contributed by atoms with van der Waals surface area (Å²) in [6.45, 7) is 3.45. The first-order valence-corrected chi connectivity index (χ1v) is 3.24. The van der Waals surface area contributed by atoms with Gasteiger partial charge in [0.1, 0.15) is 17.8 Å². The molecule has 0 saturated carbocycles. The van der Waals surface area contributed by atoms with E-state index in [1.807, 2.05) is 0 Å².